The van der Waals surface area contributed by atoms with Crippen molar-refractivity contribution < 1.29 is 0 Å². The summed E-state index contributed by atoms with van der Waals surface area (Å²) in [6, 6.07) is 2.31. The van der Waals surface area contributed by atoms with E-state index in [1.165, 1.54) is 0 Å². The third kappa shape index (κ3) is 2.61. The average Bonchev–Trinajstić information content (AvgIpc) is 2.09. The second-order valence-electron chi connectivity index (χ2n) is 3.34. The Morgan fingerprint density at radius 3 is 2.64 bits per heavy atom. The molecule has 0 saturated heterocycles. The molecule has 4 heteroatoms. The van der Waals surface area contributed by atoms with Crippen molar-refractivity contribution in [2.75, 3.05) is 11.4 Å². The van der Waals surface area contributed by atoms with E-state index < -0.39 is 0 Å². The van der Waals surface area contributed by atoms with Crippen LogP contribution < -0.4 is 4.90 Å². The van der Waals surface area contributed by atoms with Crippen LogP contribution in [0.25, 0.3) is 0 Å². The maximum atomic E-state index is 5.83. The lowest BCUT2D eigenvalue weighted by molar-refractivity contribution is 0.692. The zero-order chi connectivity index (χ0) is 10.7. The number of hydrogen-bond donors (Lipinski definition) is 0. The zero-order valence-electron chi connectivity index (χ0n) is 8.59. The Hall–Kier alpha value is -0.280. The van der Waals surface area contributed by atoms with Gasteiger partial charge in [-0.3, -0.25) is 0 Å². The Labute approximate surface area is 98.4 Å². The molecule has 0 N–H and O–H groups in total. The third-order valence-electron chi connectivity index (χ3n) is 2.02. The lowest BCUT2D eigenvalue weighted by Gasteiger charge is -2.27. The van der Waals surface area contributed by atoms with Crippen molar-refractivity contribution >= 4 is 33.3 Å². The number of aromatic nitrogens is 1. The van der Waals surface area contributed by atoms with Crippen LogP contribution in [0, 0.1) is 0 Å². The van der Waals surface area contributed by atoms with Gasteiger partial charge in [0.2, 0.25) is 0 Å². The van der Waals surface area contributed by atoms with E-state index in [1.54, 1.807) is 6.20 Å². The average molecular weight is 278 g/mol. The summed E-state index contributed by atoms with van der Waals surface area (Å²) in [5, 5.41) is 0.653. The van der Waals surface area contributed by atoms with Gasteiger partial charge in [-0.1, -0.05) is 11.6 Å². The molecule has 0 spiro atoms. The molecular formula is C10H14BrClN2. The largest absolute Gasteiger partial charge is 0.354 e. The Kier molecular flexibility index (Phi) is 4.20. The molecule has 2 nitrogen and oxygen atoms in total. The molecule has 0 atom stereocenters. The maximum absolute atomic E-state index is 5.83. The highest BCUT2D eigenvalue weighted by atomic mass is 79.9. The summed E-state index contributed by atoms with van der Waals surface area (Å²) >= 11 is 9.30. The molecule has 14 heavy (non-hydrogen) atoms. The first-order valence-corrected chi connectivity index (χ1v) is 5.81. The lowest BCUT2D eigenvalue weighted by atomic mass is 10.3. The van der Waals surface area contributed by atoms with Crippen LogP contribution in [0.4, 0.5) is 5.82 Å². The van der Waals surface area contributed by atoms with E-state index >= 15 is 0 Å². The summed E-state index contributed by atoms with van der Waals surface area (Å²) in [6.45, 7) is 7.34. The van der Waals surface area contributed by atoms with Gasteiger partial charge in [0.1, 0.15) is 5.82 Å². The normalized spacial score (nSPS) is 10.7. The molecule has 0 fully saturated rings. The monoisotopic (exact) mass is 276 g/mol. The second-order valence-corrected chi connectivity index (χ2v) is 4.63. The van der Waals surface area contributed by atoms with Crippen LogP contribution in [0.2, 0.25) is 5.02 Å². The minimum atomic E-state index is 0.435. The van der Waals surface area contributed by atoms with Crippen molar-refractivity contribution in [3.05, 3.63) is 21.8 Å². The maximum Gasteiger partial charge on any atom is 0.143 e. The molecule has 1 heterocycles. The molecule has 0 aliphatic rings. The molecule has 0 radical (unpaired) electrons. The van der Waals surface area contributed by atoms with Crippen molar-refractivity contribution in [3.63, 3.8) is 0 Å². The summed E-state index contributed by atoms with van der Waals surface area (Å²) < 4.78 is 0.945. The fourth-order valence-corrected chi connectivity index (χ4v) is 2.24. The highest BCUT2D eigenvalue weighted by molar-refractivity contribution is 9.10. The highest BCUT2D eigenvalue weighted by Crippen LogP contribution is 2.27. The minimum absolute atomic E-state index is 0.435. The van der Waals surface area contributed by atoms with Gasteiger partial charge in [-0.25, -0.2) is 4.98 Å². The SMILES string of the molecule is CCN(c1ncc(Cl)cc1Br)C(C)C. The van der Waals surface area contributed by atoms with Crippen LogP contribution >= 0.6 is 27.5 Å². The first-order valence-electron chi connectivity index (χ1n) is 4.64. The van der Waals surface area contributed by atoms with E-state index in [2.05, 4.69) is 46.6 Å². The summed E-state index contributed by atoms with van der Waals surface area (Å²) in [5.74, 6) is 0.951. The first kappa shape index (κ1) is 11.8. The predicted molar refractivity (Wildman–Crippen MR) is 65.1 cm³/mol. The van der Waals surface area contributed by atoms with Gasteiger partial charge in [-0.2, -0.15) is 0 Å². The predicted octanol–water partition coefficient (Wildman–Crippen LogP) is 3.73. The number of anilines is 1. The first-order chi connectivity index (χ1) is 6.56. The molecule has 1 aromatic rings. The molecule has 0 aromatic carbocycles. The summed E-state index contributed by atoms with van der Waals surface area (Å²) in [6.07, 6.45) is 1.67. The van der Waals surface area contributed by atoms with Gasteiger partial charge in [0.25, 0.3) is 0 Å². The summed E-state index contributed by atoms with van der Waals surface area (Å²) in [5.41, 5.74) is 0. The van der Waals surface area contributed by atoms with Crippen LogP contribution in [0.3, 0.4) is 0 Å². The van der Waals surface area contributed by atoms with Crippen LogP contribution in [0.5, 0.6) is 0 Å². The van der Waals surface area contributed by atoms with Gasteiger partial charge < -0.3 is 4.90 Å². The number of nitrogens with zero attached hydrogens (tertiary/aromatic N) is 2. The molecule has 0 amide bonds. The van der Waals surface area contributed by atoms with Crippen LogP contribution in [0.1, 0.15) is 20.8 Å². The van der Waals surface area contributed by atoms with Gasteiger partial charge >= 0.3 is 0 Å². The van der Waals surface area contributed by atoms with Gasteiger partial charge in [0.05, 0.1) is 9.50 Å². The van der Waals surface area contributed by atoms with Gasteiger partial charge in [-0.05, 0) is 42.8 Å². The second kappa shape index (κ2) is 4.99. The fourth-order valence-electron chi connectivity index (χ4n) is 1.38. The molecule has 0 unspecified atom stereocenters. The van der Waals surface area contributed by atoms with E-state index in [0.29, 0.717) is 11.1 Å². The number of pyridine rings is 1. The summed E-state index contributed by atoms with van der Waals surface area (Å²) in [4.78, 5) is 6.53. The van der Waals surface area contributed by atoms with Gasteiger partial charge in [0.15, 0.2) is 0 Å². The minimum Gasteiger partial charge on any atom is -0.354 e. The quantitative estimate of drug-likeness (QED) is 0.837. The standard InChI is InChI=1S/C10H14BrClN2/c1-4-14(7(2)3)10-9(11)5-8(12)6-13-10/h5-7H,4H2,1-3H3. The summed E-state index contributed by atoms with van der Waals surface area (Å²) in [7, 11) is 0. The van der Waals surface area contributed by atoms with Crippen molar-refractivity contribution in [2.45, 2.75) is 26.8 Å². The van der Waals surface area contributed by atoms with Crippen molar-refractivity contribution in [3.8, 4) is 0 Å². The van der Waals surface area contributed by atoms with Gasteiger partial charge in [0, 0.05) is 18.8 Å². The Balaban J connectivity index is 3.04. The van der Waals surface area contributed by atoms with E-state index in [9.17, 15) is 0 Å². The van der Waals surface area contributed by atoms with E-state index in [-0.39, 0.29) is 0 Å². The van der Waals surface area contributed by atoms with Crippen molar-refractivity contribution in [2.24, 2.45) is 0 Å². The number of rotatable bonds is 3. The van der Waals surface area contributed by atoms with Crippen LogP contribution in [0.15, 0.2) is 16.7 Å². The van der Waals surface area contributed by atoms with Crippen LogP contribution in [-0.4, -0.2) is 17.6 Å². The van der Waals surface area contributed by atoms with E-state index in [4.69, 9.17) is 11.6 Å². The molecular weight excluding hydrogens is 263 g/mol. The molecule has 78 valence electrons. The zero-order valence-corrected chi connectivity index (χ0v) is 10.9. The van der Waals surface area contributed by atoms with Crippen LogP contribution in [-0.2, 0) is 0 Å². The molecule has 0 aliphatic carbocycles. The smallest absolute Gasteiger partial charge is 0.143 e. The number of hydrogen-bond acceptors (Lipinski definition) is 2. The Morgan fingerprint density at radius 1 is 1.57 bits per heavy atom. The Bertz CT molecular complexity index is 315. The lowest BCUT2D eigenvalue weighted by Crippen LogP contribution is -2.31. The fraction of sp³-hybridized carbons (Fsp3) is 0.500. The molecule has 0 aliphatic heterocycles. The molecule has 0 saturated carbocycles. The highest BCUT2D eigenvalue weighted by Gasteiger charge is 2.12. The van der Waals surface area contributed by atoms with Gasteiger partial charge in [-0.15, -0.1) is 0 Å². The topological polar surface area (TPSA) is 16.1 Å². The number of halogens is 2. The third-order valence-corrected chi connectivity index (χ3v) is 2.81. The van der Waals surface area contributed by atoms with E-state index in [1.807, 2.05) is 6.07 Å². The van der Waals surface area contributed by atoms with Crippen molar-refractivity contribution in [1.29, 1.82) is 0 Å². The molecule has 0 bridgehead atoms. The van der Waals surface area contributed by atoms with E-state index in [0.717, 1.165) is 16.8 Å². The Morgan fingerprint density at radius 2 is 2.21 bits per heavy atom. The molecule has 1 rings (SSSR count). The molecule has 1 aromatic heterocycles. The van der Waals surface area contributed by atoms with Crippen molar-refractivity contribution in [1.82, 2.24) is 4.98 Å².